The highest BCUT2D eigenvalue weighted by Gasteiger charge is 2.14. The summed E-state index contributed by atoms with van der Waals surface area (Å²) >= 11 is 5.77. The third-order valence-corrected chi connectivity index (χ3v) is 2.77. The Morgan fingerprint density at radius 1 is 1.47 bits per heavy atom. The Kier molecular flexibility index (Phi) is 4.13. The van der Waals surface area contributed by atoms with Gasteiger partial charge in [-0.05, 0) is 17.7 Å². The van der Waals surface area contributed by atoms with Crippen molar-refractivity contribution >= 4 is 17.6 Å². The van der Waals surface area contributed by atoms with Gasteiger partial charge in [-0.2, -0.15) is 0 Å². The summed E-state index contributed by atoms with van der Waals surface area (Å²) in [5.41, 5.74) is 0.708. The molecule has 1 aromatic heterocycles. The number of hydrogen-bond donors (Lipinski definition) is 1. The third kappa shape index (κ3) is 3.30. The largest absolute Gasteiger partial charge is 0.463 e. The number of esters is 1. The average Bonchev–Trinajstić information content (AvgIpc) is 2.87. The number of nitrogens with zero attached hydrogens (tertiary/aromatic N) is 3. The molecule has 19 heavy (non-hydrogen) atoms. The molecule has 1 heterocycles. The molecule has 0 radical (unpaired) electrons. The Balaban J connectivity index is 2.06. The lowest BCUT2D eigenvalue weighted by Crippen LogP contribution is -2.11. The molecule has 1 unspecified atom stereocenters. The molecule has 0 bridgehead atoms. The van der Waals surface area contributed by atoms with E-state index in [1.54, 1.807) is 24.3 Å². The first-order valence-corrected chi connectivity index (χ1v) is 5.89. The van der Waals surface area contributed by atoms with Crippen molar-refractivity contribution in [2.45, 2.75) is 12.6 Å². The first kappa shape index (κ1) is 13.5. The fourth-order valence-corrected chi connectivity index (χ4v) is 1.66. The average molecular weight is 282 g/mol. The molecule has 0 aliphatic heterocycles. The van der Waals surface area contributed by atoms with E-state index in [0.717, 1.165) is 0 Å². The Morgan fingerprint density at radius 2 is 2.16 bits per heavy atom. The van der Waals surface area contributed by atoms with Gasteiger partial charge in [-0.25, -0.2) is 14.5 Å². The first-order chi connectivity index (χ1) is 9.10. The molecule has 7 heteroatoms. The minimum Gasteiger partial charge on any atom is -0.463 e. The van der Waals surface area contributed by atoms with E-state index in [0.29, 0.717) is 10.6 Å². The number of hydrogen-bond acceptors (Lipinski definition) is 5. The van der Waals surface area contributed by atoms with Crippen LogP contribution in [0.3, 0.4) is 0 Å². The molecule has 1 N–H and O–H groups in total. The molecule has 0 aliphatic rings. The van der Waals surface area contributed by atoms with E-state index < -0.39 is 12.1 Å². The van der Waals surface area contributed by atoms with Crippen LogP contribution in [-0.4, -0.2) is 33.0 Å². The van der Waals surface area contributed by atoms with Gasteiger partial charge in [-0.15, -0.1) is 5.10 Å². The summed E-state index contributed by atoms with van der Waals surface area (Å²) in [6.45, 7) is 0.186. The second kappa shape index (κ2) is 5.81. The van der Waals surface area contributed by atoms with Gasteiger partial charge in [0.05, 0.1) is 19.8 Å². The number of ether oxygens (including phenoxy) is 1. The van der Waals surface area contributed by atoms with Gasteiger partial charge in [0.1, 0.15) is 6.33 Å². The maximum atomic E-state index is 11.2. The van der Waals surface area contributed by atoms with E-state index >= 15 is 0 Å². The molecule has 6 nitrogen and oxygen atoms in total. The summed E-state index contributed by atoms with van der Waals surface area (Å²) in [4.78, 5) is 15.0. The van der Waals surface area contributed by atoms with Crippen molar-refractivity contribution in [2.75, 3.05) is 7.11 Å². The van der Waals surface area contributed by atoms with Crippen molar-refractivity contribution in [3.8, 4) is 0 Å². The number of carbonyl (C=O) groups excluding carboxylic acids is 1. The summed E-state index contributed by atoms with van der Waals surface area (Å²) < 4.78 is 5.88. The first-order valence-electron chi connectivity index (χ1n) is 5.51. The lowest BCUT2D eigenvalue weighted by Gasteiger charge is -2.10. The molecule has 0 saturated heterocycles. The zero-order valence-electron chi connectivity index (χ0n) is 10.2. The van der Waals surface area contributed by atoms with Gasteiger partial charge in [0, 0.05) is 5.02 Å². The summed E-state index contributed by atoms with van der Waals surface area (Å²) in [5.74, 6) is -0.648. The second-order valence-corrected chi connectivity index (χ2v) is 4.29. The Labute approximate surface area is 114 Å². The smallest absolute Gasteiger partial charge is 0.377 e. The topological polar surface area (TPSA) is 77.2 Å². The van der Waals surface area contributed by atoms with Crippen LogP contribution >= 0.6 is 11.6 Å². The van der Waals surface area contributed by atoms with Crippen LogP contribution in [0, 0.1) is 0 Å². The van der Waals surface area contributed by atoms with Crippen LogP contribution in [0.15, 0.2) is 30.6 Å². The molecule has 0 saturated carbocycles. The molecule has 1 atom stereocenters. The van der Waals surface area contributed by atoms with Gasteiger partial charge in [0.25, 0.3) is 5.82 Å². The molecule has 100 valence electrons. The number of aliphatic hydroxyl groups is 1. The predicted molar refractivity (Wildman–Crippen MR) is 67.8 cm³/mol. The van der Waals surface area contributed by atoms with E-state index in [9.17, 15) is 9.90 Å². The summed E-state index contributed by atoms with van der Waals surface area (Å²) in [6, 6.07) is 6.85. The zero-order valence-corrected chi connectivity index (χ0v) is 10.9. The van der Waals surface area contributed by atoms with Crippen LogP contribution in [0.2, 0.25) is 5.02 Å². The van der Waals surface area contributed by atoms with E-state index in [1.807, 2.05) is 0 Å². The van der Waals surface area contributed by atoms with E-state index in [2.05, 4.69) is 14.8 Å². The Hall–Kier alpha value is -1.92. The Bertz CT molecular complexity index is 568. The second-order valence-electron chi connectivity index (χ2n) is 3.85. The fraction of sp³-hybridized carbons (Fsp3) is 0.250. The highest BCUT2D eigenvalue weighted by atomic mass is 35.5. The van der Waals surface area contributed by atoms with Gasteiger partial charge < -0.3 is 9.84 Å². The monoisotopic (exact) mass is 281 g/mol. The number of methoxy groups -OCH3 is 1. The number of aromatic nitrogens is 3. The summed E-state index contributed by atoms with van der Waals surface area (Å²) in [6.07, 6.45) is 0.607. The van der Waals surface area contributed by atoms with Crippen LogP contribution in [-0.2, 0) is 11.3 Å². The van der Waals surface area contributed by atoms with Gasteiger partial charge in [0.2, 0.25) is 0 Å². The highest BCUT2D eigenvalue weighted by molar-refractivity contribution is 6.30. The molecule has 2 rings (SSSR count). The van der Waals surface area contributed by atoms with E-state index in [4.69, 9.17) is 11.6 Å². The number of carbonyl (C=O) groups is 1. The normalized spacial score (nSPS) is 12.2. The standard InChI is InChI=1S/C12H12ClN3O3/c1-19-12(18)11-14-7-16(15-11)6-10(17)8-2-4-9(13)5-3-8/h2-5,7,10,17H,6H2,1H3. The highest BCUT2D eigenvalue weighted by Crippen LogP contribution is 2.17. The number of benzene rings is 1. The summed E-state index contributed by atoms with van der Waals surface area (Å²) in [7, 11) is 1.26. The lowest BCUT2D eigenvalue weighted by atomic mass is 10.1. The van der Waals surface area contributed by atoms with Gasteiger partial charge in [0.15, 0.2) is 0 Å². The van der Waals surface area contributed by atoms with Crippen LogP contribution in [0.1, 0.15) is 22.3 Å². The maximum Gasteiger partial charge on any atom is 0.377 e. The van der Waals surface area contributed by atoms with Crippen LogP contribution < -0.4 is 0 Å². The Morgan fingerprint density at radius 3 is 2.79 bits per heavy atom. The number of aliphatic hydroxyl groups excluding tert-OH is 1. The lowest BCUT2D eigenvalue weighted by molar-refractivity contribution is 0.0585. The number of rotatable bonds is 4. The van der Waals surface area contributed by atoms with Crippen molar-refractivity contribution in [2.24, 2.45) is 0 Å². The zero-order chi connectivity index (χ0) is 13.8. The van der Waals surface area contributed by atoms with Crippen molar-refractivity contribution in [1.82, 2.24) is 14.8 Å². The fourth-order valence-electron chi connectivity index (χ4n) is 1.53. The van der Waals surface area contributed by atoms with E-state index in [-0.39, 0.29) is 12.4 Å². The molecule has 0 fully saturated rings. The van der Waals surface area contributed by atoms with Gasteiger partial charge in [-0.1, -0.05) is 23.7 Å². The number of halogens is 1. The van der Waals surface area contributed by atoms with Crippen LogP contribution in [0.25, 0.3) is 0 Å². The van der Waals surface area contributed by atoms with Gasteiger partial charge in [-0.3, -0.25) is 0 Å². The molecule has 0 spiro atoms. The quantitative estimate of drug-likeness (QED) is 0.858. The molecular formula is C12H12ClN3O3. The SMILES string of the molecule is COC(=O)c1ncn(CC(O)c2ccc(Cl)cc2)n1. The minimum atomic E-state index is -0.760. The predicted octanol–water partition coefficient (Wildman–Crippen LogP) is 1.45. The summed E-state index contributed by atoms with van der Waals surface area (Å²) in [5, 5.41) is 14.5. The van der Waals surface area contributed by atoms with Crippen molar-refractivity contribution in [3.05, 3.63) is 47.0 Å². The van der Waals surface area contributed by atoms with E-state index in [1.165, 1.54) is 18.1 Å². The van der Waals surface area contributed by atoms with Crippen molar-refractivity contribution < 1.29 is 14.6 Å². The minimum absolute atomic E-state index is 0.0363. The molecule has 0 amide bonds. The molecule has 0 aliphatic carbocycles. The molecule has 1 aromatic carbocycles. The third-order valence-electron chi connectivity index (χ3n) is 2.52. The maximum absolute atomic E-state index is 11.2. The molecule has 2 aromatic rings. The van der Waals surface area contributed by atoms with Gasteiger partial charge >= 0.3 is 5.97 Å². The molecular weight excluding hydrogens is 270 g/mol. The van der Waals surface area contributed by atoms with Crippen molar-refractivity contribution in [1.29, 1.82) is 0 Å². The van der Waals surface area contributed by atoms with Crippen molar-refractivity contribution in [3.63, 3.8) is 0 Å². The van der Waals surface area contributed by atoms with Crippen LogP contribution in [0.5, 0.6) is 0 Å². The van der Waals surface area contributed by atoms with Crippen LogP contribution in [0.4, 0.5) is 0 Å².